The van der Waals surface area contributed by atoms with Gasteiger partial charge in [0.05, 0.1) is 11.0 Å². The highest BCUT2D eigenvalue weighted by molar-refractivity contribution is 7.85. The van der Waals surface area contributed by atoms with Gasteiger partial charge in [0.2, 0.25) is 0 Å². The average Bonchev–Trinajstić information content (AvgIpc) is 2.16. The number of aliphatic hydroxyl groups excluding tert-OH is 1. The third-order valence-corrected chi connectivity index (χ3v) is 2.87. The highest BCUT2D eigenvalue weighted by Gasteiger charge is 2.22. The number of rotatable bonds is 1. The number of thiol groups is 1. The van der Waals surface area contributed by atoms with Crippen LogP contribution in [0.25, 0.3) is 0 Å². The molecule has 0 radical (unpaired) electrons. The number of hydrogen-bond donors (Lipinski definition) is 3. The second-order valence-electron chi connectivity index (χ2n) is 3.55. The summed E-state index contributed by atoms with van der Waals surface area (Å²) >= 11 is 4.05. The molecule has 4 nitrogen and oxygen atoms in total. The third kappa shape index (κ3) is 2.65. The van der Waals surface area contributed by atoms with E-state index in [-0.39, 0.29) is 12.0 Å². The van der Waals surface area contributed by atoms with Crippen LogP contribution in [0.3, 0.4) is 0 Å². The molecule has 1 aliphatic heterocycles. The van der Waals surface area contributed by atoms with E-state index in [1.54, 1.807) is 11.8 Å². The molecule has 0 unspecified atom stereocenters. The van der Waals surface area contributed by atoms with E-state index in [2.05, 4.69) is 12.6 Å². The largest absolute Gasteiger partial charge is 0.401 e. The molecule has 0 aromatic heterocycles. The molecule has 80 valence electrons. The van der Waals surface area contributed by atoms with Crippen molar-refractivity contribution >= 4 is 18.5 Å². The molecule has 1 rings (SSSR count). The van der Waals surface area contributed by atoms with Gasteiger partial charge in [-0.25, -0.2) is 0 Å². The summed E-state index contributed by atoms with van der Waals surface area (Å²) < 4.78 is 0. The summed E-state index contributed by atoms with van der Waals surface area (Å²) in [6.45, 7) is 2.81. The number of nitrogens with zero attached hydrogens (tertiary/aromatic N) is 1. The maximum atomic E-state index is 11.7. The van der Waals surface area contributed by atoms with E-state index in [1.807, 2.05) is 0 Å². The van der Waals surface area contributed by atoms with Gasteiger partial charge in [0.1, 0.15) is 0 Å². The average molecular weight is 216 g/mol. The second kappa shape index (κ2) is 4.70. The Kier molecular flexibility index (Phi) is 3.83. The molecule has 0 saturated carbocycles. The Bertz CT molecular complexity index is 254. The minimum Gasteiger partial charge on any atom is -0.401 e. The minimum absolute atomic E-state index is 0.139. The van der Waals surface area contributed by atoms with E-state index in [0.29, 0.717) is 36.5 Å². The van der Waals surface area contributed by atoms with Crippen LogP contribution in [0.15, 0.2) is 10.6 Å². The molecule has 5 heteroatoms. The van der Waals surface area contributed by atoms with Gasteiger partial charge in [-0.3, -0.25) is 4.79 Å². The summed E-state index contributed by atoms with van der Waals surface area (Å²) in [5, 5.41) is 9.26. The molecule has 0 aliphatic carbocycles. The molecule has 1 amide bonds. The number of allylic oxidation sites excluding steroid dienone is 1. The van der Waals surface area contributed by atoms with Crippen LogP contribution in [0, 0.1) is 0 Å². The normalized spacial score (nSPS) is 20.6. The number of likely N-dealkylation sites (tertiary alicyclic amines) is 1. The minimum atomic E-state index is -0.273. The van der Waals surface area contributed by atoms with Gasteiger partial charge in [-0.15, -0.1) is 12.6 Å². The molecule has 3 N–H and O–H groups in total. The molecule has 0 atom stereocenters. The van der Waals surface area contributed by atoms with Gasteiger partial charge >= 0.3 is 0 Å². The maximum absolute atomic E-state index is 11.7. The van der Waals surface area contributed by atoms with Crippen molar-refractivity contribution in [3.8, 4) is 0 Å². The van der Waals surface area contributed by atoms with Crippen molar-refractivity contribution in [2.45, 2.75) is 25.9 Å². The summed E-state index contributed by atoms with van der Waals surface area (Å²) in [6.07, 6.45) is 0.998. The third-order valence-electron chi connectivity index (χ3n) is 2.33. The summed E-state index contributed by atoms with van der Waals surface area (Å²) in [7, 11) is 0. The van der Waals surface area contributed by atoms with E-state index in [9.17, 15) is 9.90 Å². The Morgan fingerprint density at radius 1 is 1.50 bits per heavy atom. The lowest BCUT2D eigenvalue weighted by Crippen LogP contribution is -2.40. The quantitative estimate of drug-likeness (QED) is 0.430. The lowest BCUT2D eigenvalue weighted by molar-refractivity contribution is -0.128. The number of nitrogens with two attached hydrogens (primary N) is 1. The zero-order valence-corrected chi connectivity index (χ0v) is 9.13. The zero-order valence-electron chi connectivity index (χ0n) is 8.23. The van der Waals surface area contributed by atoms with Crippen molar-refractivity contribution in [1.82, 2.24) is 4.90 Å². The topological polar surface area (TPSA) is 66.6 Å². The van der Waals surface area contributed by atoms with Crippen LogP contribution in [0.4, 0.5) is 0 Å². The first-order valence-corrected chi connectivity index (χ1v) is 5.09. The van der Waals surface area contributed by atoms with Gasteiger partial charge in [-0.05, 0) is 19.8 Å². The summed E-state index contributed by atoms with van der Waals surface area (Å²) in [5.74, 6) is -0.139. The summed E-state index contributed by atoms with van der Waals surface area (Å²) in [6, 6.07) is 0. The first-order valence-electron chi connectivity index (χ1n) is 4.65. The molecule has 1 fully saturated rings. The van der Waals surface area contributed by atoms with Crippen molar-refractivity contribution < 1.29 is 9.90 Å². The molecule has 1 saturated heterocycles. The van der Waals surface area contributed by atoms with Crippen LogP contribution in [0.2, 0.25) is 0 Å². The number of carbonyl (C=O) groups excluding carboxylic acids is 1. The van der Waals surface area contributed by atoms with Crippen LogP contribution < -0.4 is 5.73 Å². The lowest BCUT2D eigenvalue weighted by atomic mass is 10.1. The Balaban J connectivity index is 2.59. The molecule has 14 heavy (non-hydrogen) atoms. The monoisotopic (exact) mass is 216 g/mol. The standard InChI is InChI=1S/C9H16N2O2S/c1-6(10)8(14)9(13)11-4-2-7(12)3-5-11/h7,12,14H,2-5,10H2,1H3/b8-6-. The smallest absolute Gasteiger partial charge is 0.261 e. The van der Waals surface area contributed by atoms with E-state index in [4.69, 9.17) is 5.73 Å². The fourth-order valence-corrected chi connectivity index (χ4v) is 1.53. The molecule has 1 aliphatic rings. The molecular weight excluding hydrogens is 200 g/mol. The van der Waals surface area contributed by atoms with E-state index < -0.39 is 0 Å². The number of aliphatic hydroxyl groups is 1. The first kappa shape index (κ1) is 11.4. The first-order chi connectivity index (χ1) is 6.52. The molecule has 0 aromatic carbocycles. The number of hydrogen-bond acceptors (Lipinski definition) is 4. The number of amides is 1. The SMILES string of the molecule is C/C(N)=C(/S)C(=O)N1CCC(O)CC1. The van der Waals surface area contributed by atoms with Crippen LogP contribution in [0.1, 0.15) is 19.8 Å². The Labute approximate surface area is 89.2 Å². The molecule has 1 heterocycles. The zero-order chi connectivity index (χ0) is 10.7. The molecule has 0 bridgehead atoms. The molecular formula is C9H16N2O2S. The predicted octanol–water partition coefficient (Wildman–Crippen LogP) is 0.0897. The van der Waals surface area contributed by atoms with E-state index >= 15 is 0 Å². The molecule has 0 spiro atoms. The highest BCUT2D eigenvalue weighted by Crippen LogP contribution is 2.15. The Morgan fingerprint density at radius 2 is 2.00 bits per heavy atom. The van der Waals surface area contributed by atoms with Crippen molar-refractivity contribution in [1.29, 1.82) is 0 Å². The van der Waals surface area contributed by atoms with Gasteiger partial charge in [0.25, 0.3) is 5.91 Å². The van der Waals surface area contributed by atoms with Gasteiger partial charge in [0.15, 0.2) is 0 Å². The lowest BCUT2D eigenvalue weighted by Gasteiger charge is -2.29. The van der Waals surface area contributed by atoms with E-state index in [1.165, 1.54) is 0 Å². The van der Waals surface area contributed by atoms with Gasteiger partial charge < -0.3 is 15.7 Å². The van der Waals surface area contributed by atoms with Crippen LogP contribution in [-0.4, -0.2) is 35.1 Å². The summed E-state index contributed by atoms with van der Waals surface area (Å²) in [4.78, 5) is 13.7. The van der Waals surface area contributed by atoms with Gasteiger partial charge in [-0.2, -0.15) is 0 Å². The fourth-order valence-electron chi connectivity index (χ4n) is 1.39. The Morgan fingerprint density at radius 3 is 2.43 bits per heavy atom. The van der Waals surface area contributed by atoms with Crippen LogP contribution in [0.5, 0.6) is 0 Å². The summed E-state index contributed by atoms with van der Waals surface area (Å²) in [5.41, 5.74) is 5.91. The maximum Gasteiger partial charge on any atom is 0.261 e. The van der Waals surface area contributed by atoms with Crippen molar-refractivity contribution in [3.63, 3.8) is 0 Å². The van der Waals surface area contributed by atoms with Crippen molar-refractivity contribution in [3.05, 3.63) is 10.6 Å². The van der Waals surface area contributed by atoms with Crippen LogP contribution >= 0.6 is 12.6 Å². The highest BCUT2D eigenvalue weighted by atomic mass is 32.1. The second-order valence-corrected chi connectivity index (χ2v) is 4.00. The fraction of sp³-hybridized carbons (Fsp3) is 0.667. The Hall–Kier alpha value is -0.680. The molecule has 0 aromatic rings. The van der Waals surface area contributed by atoms with Gasteiger partial charge in [0, 0.05) is 18.8 Å². The van der Waals surface area contributed by atoms with Crippen molar-refractivity contribution in [2.75, 3.05) is 13.1 Å². The number of piperidine rings is 1. The van der Waals surface area contributed by atoms with E-state index in [0.717, 1.165) is 0 Å². The van der Waals surface area contributed by atoms with Gasteiger partial charge in [-0.1, -0.05) is 0 Å². The number of carbonyl (C=O) groups is 1. The van der Waals surface area contributed by atoms with Crippen LogP contribution in [-0.2, 0) is 4.79 Å². The van der Waals surface area contributed by atoms with Crippen molar-refractivity contribution in [2.24, 2.45) is 5.73 Å². The predicted molar refractivity (Wildman–Crippen MR) is 57.7 cm³/mol.